The molecule has 4 N–H and O–H groups in total. The van der Waals surface area contributed by atoms with E-state index in [1.54, 1.807) is 36.4 Å². The zero-order valence-corrected chi connectivity index (χ0v) is 18.9. The van der Waals surface area contributed by atoms with Crippen molar-refractivity contribution in [3.63, 3.8) is 0 Å². The lowest BCUT2D eigenvalue weighted by Gasteiger charge is -2.05. The third-order valence-electron chi connectivity index (χ3n) is 4.98. The summed E-state index contributed by atoms with van der Waals surface area (Å²) >= 11 is 0. The van der Waals surface area contributed by atoms with Crippen molar-refractivity contribution in [1.82, 2.24) is 0 Å². The van der Waals surface area contributed by atoms with Gasteiger partial charge in [0.25, 0.3) is 0 Å². The smallest absolute Gasteiger partial charge is 0.123 e. The van der Waals surface area contributed by atoms with E-state index in [0.717, 1.165) is 22.3 Å². The number of aromatic hydroxyl groups is 4. The standard InChI is InChI=1S/C12H10O2.2C8H10O/c13-11-7-3-1-5-9(11)10-6-2-4-8-12(10)14;2*1-6-4-3-5-7(2)8(6)9/h1-8,13-14H;2*3-5,9H,1-2H3. The number of hydrogen-bond donors (Lipinski definition) is 4. The van der Waals surface area contributed by atoms with Crippen LogP contribution in [-0.4, -0.2) is 20.4 Å². The zero-order chi connectivity index (χ0) is 23.7. The Bertz CT molecular complexity index is 1030. The molecular formula is C28H30O4. The molecule has 0 saturated heterocycles. The van der Waals surface area contributed by atoms with E-state index in [2.05, 4.69) is 0 Å². The van der Waals surface area contributed by atoms with Gasteiger partial charge in [0.1, 0.15) is 23.0 Å². The van der Waals surface area contributed by atoms with Crippen LogP contribution in [0.15, 0.2) is 84.9 Å². The van der Waals surface area contributed by atoms with Gasteiger partial charge >= 0.3 is 0 Å². The molecular weight excluding hydrogens is 400 g/mol. The molecule has 0 fully saturated rings. The van der Waals surface area contributed by atoms with Gasteiger partial charge in [-0.05, 0) is 62.1 Å². The normalized spacial score (nSPS) is 9.75. The van der Waals surface area contributed by atoms with E-state index >= 15 is 0 Å². The topological polar surface area (TPSA) is 80.9 Å². The Morgan fingerprint density at radius 3 is 0.906 bits per heavy atom. The molecule has 0 spiro atoms. The van der Waals surface area contributed by atoms with Gasteiger partial charge in [0, 0.05) is 11.1 Å². The van der Waals surface area contributed by atoms with E-state index in [4.69, 9.17) is 0 Å². The van der Waals surface area contributed by atoms with Gasteiger partial charge in [-0.15, -0.1) is 0 Å². The van der Waals surface area contributed by atoms with E-state index in [1.165, 1.54) is 0 Å². The predicted octanol–water partition coefficient (Wildman–Crippen LogP) is 6.78. The summed E-state index contributed by atoms with van der Waals surface area (Å²) < 4.78 is 0. The van der Waals surface area contributed by atoms with Crippen LogP contribution in [0.3, 0.4) is 0 Å². The lowest BCUT2D eigenvalue weighted by atomic mass is 10.0. The number of aryl methyl sites for hydroxylation is 4. The molecule has 4 aromatic carbocycles. The monoisotopic (exact) mass is 430 g/mol. The molecule has 32 heavy (non-hydrogen) atoms. The van der Waals surface area contributed by atoms with Crippen molar-refractivity contribution in [3.8, 4) is 34.1 Å². The van der Waals surface area contributed by atoms with E-state index in [0.29, 0.717) is 22.6 Å². The van der Waals surface area contributed by atoms with E-state index in [1.807, 2.05) is 76.2 Å². The Kier molecular flexibility index (Phi) is 8.72. The fraction of sp³-hybridized carbons (Fsp3) is 0.143. The average molecular weight is 431 g/mol. The number of phenolic OH excluding ortho intramolecular Hbond substituents is 4. The van der Waals surface area contributed by atoms with Gasteiger partial charge in [-0.3, -0.25) is 0 Å². The van der Waals surface area contributed by atoms with Crippen LogP contribution in [-0.2, 0) is 0 Å². The first-order valence-corrected chi connectivity index (χ1v) is 10.3. The molecule has 0 aliphatic heterocycles. The molecule has 4 nitrogen and oxygen atoms in total. The lowest BCUT2D eigenvalue weighted by molar-refractivity contribution is 0.466. The van der Waals surface area contributed by atoms with E-state index in [-0.39, 0.29) is 11.5 Å². The molecule has 0 aromatic heterocycles. The summed E-state index contributed by atoms with van der Waals surface area (Å²) in [6.45, 7) is 7.56. The van der Waals surface area contributed by atoms with Crippen LogP contribution in [0.5, 0.6) is 23.0 Å². The SMILES string of the molecule is Cc1cccc(C)c1O.Cc1cccc(C)c1O.Oc1ccccc1-c1ccccc1O. The Morgan fingerprint density at radius 2 is 0.656 bits per heavy atom. The third-order valence-corrected chi connectivity index (χ3v) is 4.98. The van der Waals surface area contributed by atoms with Gasteiger partial charge < -0.3 is 20.4 Å². The molecule has 0 atom stereocenters. The number of phenols is 4. The number of benzene rings is 4. The van der Waals surface area contributed by atoms with Gasteiger partial charge in [0.2, 0.25) is 0 Å². The van der Waals surface area contributed by atoms with E-state index < -0.39 is 0 Å². The molecule has 0 unspecified atom stereocenters. The highest BCUT2D eigenvalue weighted by Gasteiger charge is 2.06. The van der Waals surface area contributed by atoms with Crippen LogP contribution in [0.4, 0.5) is 0 Å². The Balaban J connectivity index is 0.000000178. The highest BCUT2D eigenvalue weighted by molar-refractivity contribution is 5.74. The molecule has 0 bridgehead atoms. The molecule has 0 aliphatic rings. The molecule has 0 aliphatic carbocycles. The molecule has 166 valence electrons. The second-order valence-corrected chi connectivity index (χ2v) is 7.52. The molecule has 0 heterocycles. The zero-order valence-electron chi connectivity index (χ0n) is 18.9. The van der Waals surface area contributed by atoms with Gasteiger partial charge in [-0.2, -0.15) is 0 Å². The van der Waals surface area contributed by atoms with Crippen LogP contribution >= 0.6 is 0 Å². The summed E-state index contributed by atoms with van der Waals surface area (Å²) in [5.74, 6) is 1.18. The fourth-order valence-electron chi connectivity index (χ4n) is 3.01. The Morgan fingerprint density at radius 1 is 0.375 bits per heavy atom. The molecule has 0 saturated carbocycles. The minimum atomic E-state index is 0.175. The van der Waals surface area contributed by atoms with Crippen molar-refractivity contribution < 1.29 is 20.4 Å². The van der Waals surface area contributed by atoms with Gasteiger partial charge in [-0.1, -0.05) is 72.8 Å². The van der Waals surface area contributed by atoms with Crippen LogP contribution < -0.4 is 0 Å². The van der Waals surface area contributed by atoms with Crippen LogP contribution in [0.2, 0.25) is 0 Å². The largest absolute Gasteiger partial charge is 0.507 e. The van der Waals surface area contributed by atoms with Gasteiger partial charge in [-0.25, -0.2) is 0 Å². The molecule has 0 amide bonds. The Labute approximate surface area is 189 Å². The molecule has 4 heteroatoms. The van der Waals surface area contributed by atoms with Gasteiger partial charge in [0.05, 0.1) is 0 Å². The first-order valence-electron chi connectivity index (χ1n) is 10.3. The highest BCUT2D eigenvalue weighted by Crippen LogP contribution is 2.34. The van der Waals surface area contributed by atoms with Crippen molar-refractivity contribution in [2.75, 3.05) is 0 Å². The fourth-order valence-corrected chi connectivity index (χ4v) is 3.01. The first-order chi connectivity index (χ1) is 15.2. The summed E-state index contributed by atoms with van der Waals surface area (Å²) in [6.07, 6.45) is 0. The van der Waals surface area contributed by atoms with Crippen molar-refractivity contribution in [2.45, 2.75) is 27.7 Å². The highest BCUT2D eigenvalue weighted by atomic mass is 16.3. The van der Waals surface area contributed by atoms with Crippen LogP contribution in [0, 0.1) is 27.7 Å². The first kappa shape index (κ1) is 24.4. The predicted molar refractivity (Wildman–Crippen MR) is 130 cm³/mol. The number of hydrogen-bond acceptors (Lipinski definition) is 4. The summed E-state index contributed by atoms with van der Waals surface area (Å²) in [5.41, 5.74) is 5.05. The summed E-state index contributed by atoms with van der Waals surface area (Å²) in [5, 5.41) is 37.6. The van der Waals surface area contributed by atoms with Crippen LogP contribution in [0.1, 0.15) is 22.3 Å². The van der Waals surface area contributed by atoms with Crippen molar-refractivity contribution in [3.05, 3.63) is 107 Å². The third kappa shape index (κ3) is 6.54. The second kappa shape index (κ2) is 11.5. The maximum absolute atomic E-state index is 9.58. The van der Waals surface area contributed by atoms with Crippen LogP contribution in [0.25, 0.3) is 11.1 Å². The van der Waals surface area contributed by atoms with E-state index in [9.17, 15) is 20.4 Å². The molecule has 0 radical (unpaired) electrons. The van der Waals surface area contributed by atoms with Gasteiger partial charge in [0.15, 0.2) is 0 Å². The minimum absolute atomic E-state index is 0.175. The second-order valence-electron chi connectivity index (χ2n) is 7.52. The number of para-hydroxylation sites is 4. The maximum Gasteiger partial charge on any atom is 0.123 e. The maximum atomic E-state index is 9.58. The van der Waals surface area contributed by atoms with Crippen molar-refractivity contribution in [2.24, 2.45) is 0 Å². The Hall–Kier alpha value is -3.92. The summed E-state index contributed by atoms with van der Waals surface area (Å²) in [4.78, 5) is 0. The minimum Gasteiger partial charge on any atom is -0.507 e. The number of rotatable bonds is 1. The lowest BCUT2D eigenvalue weighted by Crippen LogP contribution is -1.79. The average Bonchev–Trinajstić information content (AvgIpc) is 2.78. The quantitative estimate of drug-likeness (QED) is 0.268. The summed E-state index contributed by atoms with van der Waals surface area (Å²) in [6, 6.07) is 25.3. The molecule has 4 rings (SSSR count). The summed E-state index contributed by atoms with van der Waals surface area (Å²) in [7, 11) is 0. The molecule has 4 aromatic rings. The van der Waals surface area contributed by atoms with Crippen molar-refractivity contribution in [1.29, 1.82) is 0 Å². The van der Waals surface area contributed by atoms with Crippen molar-refractivity contribution >= 4 is 0 Å².